The minimum absolute atomic E-state index is 0.115. The predicted molar refractivity (Wildman–Crippen MR) is 67.6 cm³/mol. The summed E-state index contributed by atoms with van der Waals surface area (Å²) >= 11 is 0. The fourth-order valence-electron chi connectivity index (χ4n) is 2.29. The van der Waals surface area contributed by atoms with E-state index in [1.165, 1.54) is 13.2 Å². The number of aliphatic carboxylic acids is 1. The van der Waals surface area contributed by atoms with E-state index < -0.39 is 16.8 Å². The molecular formula is C12H14N2O5. The molecule has 1 aliphatic rings. The Morgan fingerprint density at radius 3 is 2.84 bits per heavy atom. The van der Waals surface area contributed by atoms with Crippen LogP contribution in [0.5, 0.6) is 5.75 Å². The second-order valence-corrected chi connectivity index (χ2v) is 4.35. The van der Waals surface area contributed by atoms with Crippen LogP contribution in [0.4, 0.5) is 11.4 Å². The van der Waals surface area contributed by atoms with Crippen molar-refractivity contribution in [2.75, 3.05) is 25.1 Å². The Hall–Kier alpha value is -2.31. The molecule has 0 aliphatic carbocycles. The van der Waals surface area contributed by atoms with E-state index in [0.29, 0.717) is 18.7 Å². The third-order valence-electron chi connectivity index (χ3n) is 3.26. The average Bonchev–Trinajstić information content (AvgIpc) is 2.87. The lowest BCUT2D eigenvalue weighted by Gasteiger charge is -2.18. The number of carbonyl (C=O) groups is 1. The number of carboxylic acid groups (broad SMARTS) is 1. The first-order chi connectivity index (χ1) is 9.04. The smallest absolute Gasteiger partial charge is 0.333 e. The molecule has 1 unspecified atom stereocenters. The fraction of sp³-hybridized carbons (Fsp3) is 0.417. The summed E-state index contributed by atoms with van der Waals surface area (Å²) in [7, 11) is 1.37. The van der Waals surface area contributed by atoms with Crippen LogP contribution in [0.3, 0.4) is 0 Å². The lowest BCUT2D eigenvalue weighted by atomic mass is 10.1. The van der Waals surface area contributed by atoms with Gasteiger partial charge in [-0.2, -0.15) is 0 Å². The predicted octanol–water partition coefficient (Wildman–Crippen LogP) is 1.51. The zero-order chi connectivity index (χ0) is 14.0. The van der Waals surface area contributed by atoms with Crippen LogP contribution in [0.25, 0.3) is 0 Å². The number of anilines is 1. The molecular weight excluding hydrogens is 252 g/mol. The molecule has 7 heteroatoms. The minimum atomic E-state index is -0.868. The van der Waals surface area contributed by atoms with Gasteiger partial charge in [-0.05, 0) is 18.6 Å². The molecule has 0 spiro atoms. The van der Waals surface area contributed by atoms with Gasteiger partial charge in [-0.15, -0.1) is 0 Å². The molecule has 102 valence electrons. The van der Waals surface area contributed by atoms with Crippen LogP contribution in [0.1, 0.15) is 6.42 Å². The van der Waals surface area contributed by atoms with Gasteiger partial charge < -0.3 is 14.7 Å². The lowest BCUT2D eigenvalue weighted by molar-refractivity contribution is -0.385. The number of rotatable bonds is 4. The number of methoxy groups -OCH3 is 1. The highest BCUT2D eigenvalue weighted by Crippen LogP contribution is 2.38. The molecule has 7 nitrogen and oxygen atoms in total. The van der Waals surface area contributed by atoms with Crippen LogP contribution < -0.4 is 9.64 Å². The molecule has 1 N–H and O–H groups in total. The van der Waals surface area contributed by atoms with Crippen molar-refractivity contribution in [3.05, 3.63) is 28.3 Å². The Morgan fingerprint density at radius 2 is 2.32 bits per heavy atom. The normalized spacial score (nSPS) is 18.4. The molecule has 1 fully saturated rings. The molecule has 19 heavy (non-hydrogen) atoms. The first-order valence-corrected chi connectivity index (χ1v) is 5.83. The van der Waals surface area contributed by atoms with E-state index >= 15 is 0 Å². The summed E-state index contributed by atoms with van der Waals surface area (Å²) in [5, 5.41) is 20.1. The van der Waals surface area contributed by atoms with Gasteiger partial charge in [0.1, 0.15) is 5.69 Å². The van der Waals surface area contributed by atoms with Crippen molar-refractivity contribution >= 4 is 17.3 Å². The second-order valence-electron chi connectivity index (χ2n) is 4.35. The van der Waals surface area contributed by atoms with Crippen molar-refractivity contribution in [2.24, 2.45) is 5.92 Å². The van der Waals surface area contributed by atoms with Crippen LogP contribution in [0.2, 0.25) is 0 Å². The van der Waals surface area contributed by atoms with Crippen LogP contribution in [-0.4, -0.2) is 36.2 Å². The monoisotopic (exact) mass is 266 g/mol. The zero-order valence-corrected chi connectivity index (χ0v) is 10.4. The summed E-state index contributed by atoms with van der Waals surface area (Å²) in [6.07, 6.45) is 0.490. The van der Waals surface area contributed by atoms with Crippen molar-refractivity contribution in [2.45, 2.75) is 6.42 Å². The van der Waals surface area contributed by atoms with Gasteiger partial charge in [0, 0.05) is 13.1 Å². The van der Waals surface area contributed by atoms with Crippen molar-refractivity contribution in [1.82, 2.24) is 0 Å². The Bertz CT molecular complexity index is 517. The van der Waals surface area contributed by atoms with E-state index in [1.54, 1.807) is 17.0 Å². The van der Waals surface area contributed by atoms with Crippen molar-refractivity contribution < 1.29 is 19.6 Å². The number of ether oxygens (including phenoxy) is 1. The van der Waals surface area contributed by atoms with Gasteiger partial charge in [0.25, 0.3) is 0 Å². The van der Waals surface area contributed by atoms with E-state index in [2.05, 4.69) is 0 Å². The van der Waals surface area contributed by atoms with Crippen LogP contribution in [0.15, 0.2) is 18.2 Å². The number of nitro groups is 1. The molecule has 1 aromatic rings. The highest BCUT2D eigenvalue weighted by molar-refractivity contribution is 5.75. The largest absolute Gasteiger partial charge is 0.490 e. The first-order valence-electron chi connectivity index (χ1n) is 5.83. The molecule has 1 atom stereocenters. The molecule has 1 aromatic carbocycles. The summed E-state index contributed by atoms with van der Waals surface area (Å²) in [6, 6.07) is 4.80. The molecule has 0 amide bonds. The molecule has 0 aromatic heterocycles. The molecule has 1 heterocycles. The number of hydrogen-bond acceptors (Lipinski definition) is 5. The molecule has 2 rings (SSSR count). The number of nitro benzene ring substituents is 1. The maximum atomic E-state index is 11.2. The average molecular weight is 266 g/mol. The lowest BCUT2D eigenvalue weighted by Crippen LogP contribution is -2.23. The van der Waals surface area contributed by atoms with Gasteiger partial charge in [-0.3, -0.25) is 14.9 Å². The summed E-state index contributed by atoms with van der Waals surface area (Å²) in [5.74, 6) is -1.17. The molecule has 1 saturated heterocycles. The van der Waals surface area contributed by atoms with E-state index in [-0.39, 0.29) is 18.0 Å². The number of carboxylic acids is 1. The van der Waals surface area contributed by atoms with Gasteiger partial charge in [-0.1, -0.05) is 6.07 Å². The molecule has 0 bridgehead atoms. The molecule has 0 radical (unpaired) electrons. The number of hydrogen-bond donors (Lipinski definition) is 1. The standard InChI is InChI=1S/C12H14N2O5/c1-19-10-4-2-3-9(11(10)14(17)18)13-6-5-8(7-13)12(15)16/h2-4,8H,5-7H2,1H3,(H,15,16). The second kappa shape index (κ2) is 5.13. The van der Waals surface area contributed by atoms with Gasteiger partial charge in [-0.25, -0.2) is 0 Å². The van der Waals surface area contributed by atoms with E-state index in [9.17, 15) is 14.9 Å². The summed E-state index contributed by atoms with van der Waals surface area (Å²) in [6.45, 7) is 0.772. The zero-order valence-electron chi connectivity index (χ0n) is 10.4. The van der Waals surface area contributed by atoms with Crippen molar-refractivity contribution in [3.63, 3.8) is 0 Å². The maximum absolute atomic E-state index is 11.2. The van der Waals surface area contributed by atoms with Crippen molar-refractivity contribution in [1.29, 1.82) is 0 Å². The Morgan fingerprint density at radius 1 is 1.58 bits per heavy atom. The Balaban J connectivity index is 2.35. The topological polar surface area (TPSA) is 92.9 Å². The van der Waals surface area contributed by atoms with E-state index in [0.717, 1.165) is 0 Å². The Kier molecular flexibility index (Phi) is 3.55. The molecule has 1 aliphatic heterocycles. The third-order valence-corrected chi connectivity index (χ3v) is 3.26. The van der Waals surface area contributed by atoms with Gasteiger partial charge >= 0.3 is 11.7 Å². The van der Waals surface area contributed by atoms with Crippen LogP contribution >= 0.6 is 0 Å². The minimum Gasteiger partial charge on any atom is -0.490 e. The molecule has 0 saturated carbocycles. The maximum Gasteiger partial charge on any atom is 0.333 e. The summed E-state index contributed by atoms with van der Waals surface area (Å²) < 4.78 is 5.00. The van der Waals surface area contributed by atoms with Gasteiger partial charge in [0.15, 0.2) is 5.75 Å². The van der Waals surface area contributed by atoms with Crippen LogP contribution in [0, 0.1) is 16.0 Å². The fourth-order valence-corrected chi connectivity index (χ4v) is 2.29. The quantitative estimate of drug-likeness (QED) is 0.656. The number of nitrogens with zero attached hydrogens (tertiary/aromatic N) is 2. The third kappa shape index (κ3) is 2.44. The van der Waals surface area contributed by atoms with E-state index in [1.807, 2.05) is 0 Å². The summed E-state index contributed by atoms with van der Waals surface area (Å²) in [4.78, 5) is 23.3. The van der Waals surface area contributed by atoms with E-state index in [4.69, 9.17) is 9.84 Å². The SMILES string of the molecule is COc1cccc(N2CCC(C(=O)O)C2)c1[N+](=O)[O-]. The van der Waals surface area contributed by atoms with Crippen LogP contribution in [-0.2, 0) is 4.79 Å². The highest BCUT2D eigenvalue weighted by Gasteiger charge is 2.32. The van der Waals surface area contributed by atoms with Crippen molar-refractivity contribution in [3.8, 4) is 5.75 Å². The highest BCUT2D eigenvalue weighted by atomic mass is 16.6. The summed E-state index contributed by atoms with van der Waals surface area (Å²) in [5.41, 5.74) is 0.295. The first kappa shape index (κ1) is 13.1. The van der Waals surface area contributed by atoms with Gasteiger partial charge in [0.2, 0.25) is 0 Å². The number of benzene rings is 1. The van der Waals surface area contributed by atoms with Gasteiger partial charge in [0.05, 0.1) is 18.0 Å². The number of para-hydroxylation sites is 1. The Labute approximate surface area is 109 Å².